The Kier molecular flexibility index (Phi) is 5.35. The van der Waals surface area contributed by atoms with Gasteiger partial charge in [0.15, 0.2) is 0 Å². The number of aromatic nitrogens is 1. The fraction of sp³-hybridized carbons (Fsp3) is 0.444. The highest BCUT2D eigenvalue weighted by Gasteiger charge is 2.17. The molecule has 0 spiro atoms. The summed E-state index contributed by atoms with van der Waals surface area (Å²) in [5.74, 6) is 0.370. The maximum Gasteiger partial charge on any atom is 0.252 e. The van der Waals surface area contributed by atoms with Gasteiger partial charge in [-0.1, -0.05) is 0 Å². The van der Waals surface area contributed by atoms with Crippen LogP contribution in [0.15, 0.2) is 24.4 Å². The van der Waals surface area contributed by atoms with Crippen LogP contribution in [0.3, 0.4) is 0 Å². The molecule has 2 aromatic rings. The number of primary amides is 1. The summed E-state index contributed by atoms with van der Waals surface area (Å²) in [6, 6.07) is 5.27. The van der Waals surface area contributed by atoms with Crippen molar-refractivity contribution < 1.29 is 19.0 Å². The Labute approximate surface area is 146 Å². The first-order valence-corrected chi connectivity index (χ1v) is 8.41. The summed E-state index contributed by atoms with van der Waals surface area (Å²) in [6.07, 6.45) is 2.40. The number of nitrogens with one attached hydrogen (secondary N) is 1. The van der Waals surface area contributed by atoms with E-state index in [4.69, 9.17) is 19.9 Å². The van der Waals surface area contributed by atoms with E-state index in [-0.39, 0.29) is 12.3 Å². The lowest BCUT2D eigenvalue weighted by molar-refractivity contribution is -0.0256. The van der Waals surface area contributed by atoms with Gasteiger partial charge < -0.3 is 19.9 Å². The predicted octanol–water partition coefficient (Wildman–Crippen LogP) is 1.84. The van der Waals surface area contributed by atoms with Gasteiger partial charge in [0.2, 0.25) is 5.88 Å². The molecule has 0 saturated carbocycles. The molecule has 1 aromatic heterocycles. The zero-order chi connectivity index (χ0) is 17.8. The smallest absolute Gasteiger partial charge is 0.252 e. The normalized spacial score (nSPS) is 17.6. The largest absolute Gasteiger partial charge is 0.490 e. The summed E-state index contributed by atoms with van der Waals surface area (Å²) in [5.41, 5.74) is 5.83. The molecule has 134 valence electrons. The third kappa shape index (κ3) is 4.18. The van der Waals surface area contributed by atoms with Crippen molar-refractivity contribution in [2.24, 2.45) is 5.73 Å². The van der Waals surface area contributed by atoms with E-state index in [9.17, 15) is 4.79 Å². The van der Waals surface area contributed by atoms with Crippen molar-refractivity contribution in [1.29, 1.82) is 0 Å². The Morgan fingerprint density at radius 1 is 1.48 bits per heavy atom. The fourth-order valence-corrected chi connectivity index (χ4v) is 2.71. The number of hydrogen-bond acceptors (Lipinski definition) is 6. The van der Waals surface area contributed by atoms with Gasteiger partial charge >= 0.3 is 0 Å². The van der Waals surface area contributed by atoms with Crippen LogP contribution in [0.1, 0.15) is 30.6 Å². The number of carbonyl (C=O) groups excluding carboxylic acids is 1. The third-order valence-electron chi connectivity index (χ3n) is 3.84. The molecular weight excluding hydrogens is 322 g/mol. The van der Waals surface area contributed by atoms with Gasteiger partial charge in [-0.15, -0.1) is 0 Å². The topological polar surface area (TPSA) is 95.7 Å². The van der Waals surface area contributed by atoms with Gasteiger partial charge in [-0.3, -0.25) is 10.1 Å². The summed E-state index contributed by atoms with van der Waals surface area (Å²) in [4.78, 5) is 16.0. The average molecular weight is 345 g/mol. The molecule has 25 heavy (non-hydrogen) atoms. The number of ether oxygens (including phenoxy) is 3. The molecule has 1 aromatic carbocycles. The van der Waals surface area contributed by atoms with Gasteiger partial charge in [-0.25, -0.2) is 4.98 Å². The fourth-order valence-electron chi connectivity index (χ4n) is 2.71. The first-order valence-electron chi connectivity index (χ1n) is 8.41. The maximum absolute atomic E-state index is 11.7. The lowest BCUT2D eigenvalue weighted by Gasteiger charge is -2.24. The van der Waals surface area contributed by atoms with Crippen LogP contribution in [-0.2, 0) is 4.74 Å². The van der Waals surface area contributed by atoms with Crippen LogP contribution in [0.25, 0.3) is 10.8 Å². The lowest BCUT2D eigenvalue weighted by Crippen LogP contribution is -2.42. The molecule has 1 fully saturated rings. The van der Waals surface area contributed by atoms with Crippen LogP contribution in [0.5, 0.6) is 11.6 Å². The number of pyridine rings is 1. The number of fused-ring (bicyclic) bond motifs is 1. The van der Waals surface area contributed by atoms with E-state index in [1.54, 1.807) is 18.3 Å². The van der Waals surface area contributed by atoms with Crippen molar-refractivity contribution in [1.82, 2.24) is 10.3 Å². The molecule has 1 aliphatic heterocycles. The lowest BCUT2D eigenvalue weighted by atomic mass is 10.1. The number of rotatable bonds is 6. The molecule has 3 rings (SSSR count). The van der Waals surface area contributed by atoms with E-state index in [0.29, 0.717) is 23.8 Å². The van der Waals surface area contributed by atoms with Crippen LogP contribution in [0, 0.1) is 0 Å². The average Bonchev–Trinajstić information content (AvgIpc) is 2.59. The van der Waals surface area contributed by atoms with Crippen molar-refractivity contribution in [3.05, 3.63) is 30.0 Å². The molecule has 7 heteroatoms. The minimum absolute atomic E-state index is 0.0866. The molecular formula is C18H23N3O4. The van der Waals surface area contributed by atoms with Gasteiger partial charge in [0.1, 0.15) is 18.6 Å². The summed E-state index contributed by atoms with van der Waals surface area (Å²) >= 11 is 0. The van der Waals surface area contributed by atoms with Crippen LogP contribution in [0.2, 0.25) is 0 Å². The van der Waals surface area contributed by atoms with Crippen molar-refractivity contribution in [3.63, 3.8) is 0 Å². The maximum atomic E-state index is 11.7. The van der Waals surface area contributed by atoms with E-state index in [1.807, 2.05) is 19.9 Å². The van der Waals surface area contributed by atoms with E-state index in [1.165, 1.54) is 0 Å². The minimum Gasteiger partial charge on any atom is -0.490 e. The van der Waals surface area contributed by atoms with Crippen LogP contribution in [-0.4, -0.2) is 43.0 Å². The summed E-state index contributed by atoms with van der Waals surface area (Å²) in [5, 5.41) is 4.81. The van der Waals surface area contributed by atoms with E-state index in [2.05, 4.69) is 10.3 Å². The first kappa shape index (κ1) is 17.4. The molecule has 1 saturated heterocycles. The molecule has 1 atom stereocenters. The second-order valence-corrected chi connectivity index (χ2v) is 6.19. The predicted molar refractivity (Wildman–Crippen MR) is 93.9 cm³/mol. The Hall–Kier alpha value is -2.38. The standard InChI is InChI=1S/C18H23N3O4/c1-11(2)25-15-9-13-12(8-14(15)17(19)22)4-6-21-18(13)24-10-16-20-5-3-7-23-16/h4,6,8-9,11,16,20H,3,5,7,10H2,1-2H3,(H2,19,22)/t16-/m1/s1. The molecule has 3 N–H and O–H groups in total. The second kappa shape index (κ2) is 7.67. The Balaban J connectivity index is 1.91. The molecule has 2 heterocycles. The zero-order valence-electron chi connectivity index (χ0n) is 14.5. The van der Waals surface area contributed by atoms with E-state index >= 15 is 0 Å². The highest BCUT2D eigenvalue weighted by molar-refractivity contribution is 6.01. The van der Waals surface area contributed by atoms with Gasteiger partial charge in [-0.2, -0.15) is 0 Å². The molecule has 7 nitrogen and oxygen atoms in total. The number of nitrogens with two attached hydrogens (primary N) is 1. The van der Waals surface area contributed by atoms with Crippen molar-refractivity contribution in [3.8, 4) is 11.6 Å². The molecule has 0 aliphatic carbocycles. The molecule has 0 radical (unpaired) electrons. The number of nitrogens with zero attached hydrogens (tertiary/aromatic N) is 1. The van der Waals surface area contributed by atoms with Crippen molar-refractivity contribution in [2.45, 2.75) is 32.6 Å². The molecule has 0 bridgehead atoms. The van der Waals surface area contributed by atoms with Crippen LogP contribution < -0.4 is 20.5 Å². The van der Waals surface area contributed by atoms with Gasteiger partial charge in [0.05, 0.1) is 18.3 Å². The summed E-state index contributed by atoms with van der Waals surface area (Å²) < 4.78 is 17.2. The number of carbonyl (C=O) groups is 1. The van der Waals surface area contributed by atoms with E-state index < -0.39 is 5.91 Å². The van der Waals surface area contributed by atoms with Crippen LogP contribution >= 0.6 is 0 Å². The highest BCUT2D eigenvalue weighted by atomic mass is 16.5. The Bertz CT molecular complexity index is 757. The van der Waals surface area contributed by atoms with Crippen molar-refractivity contribution in [2.75, 3.05) is 19.8 Å². The Morgan fingerprint density at radius 2 is 2.32 bits per heavy atom. The number of hydrogen-bond donors (Lipinski definition) is 2. The van der Waals surface area contributed by atoms with Gasteiger partial charge in [-0.05, 0) is 50.4 Å². The molecule has 1 amide bonds. The second-order valence-electron chi connectivity index (χ2n) is 6.19. The first-order chi connectivity index (χ1) is 12.0. The third-order valence-corrected chi connectivity index (χ3v) is 3.84. The van der Waals surface area contributed by atoms with E-state index in [0.717, 1.165) is 30.3 Å². The van der Waals surface area contributed by atoms with Gasteiger partial charge in [0.25, 0.3) is 5.91 Å². The van der Waals surface area contributed by atoms with Crippen molar-refractivity contribution >= 4 is 16.7 Å². The number of amides is 1. The molecule has 1 aliphatic rings. The monoisotopic (exact) mass is 345 g/mol. The minimum atomic E-state index is -0.531. The Morgan fingerprint density at radius 3 is 3.00 bits per heavy atom. The van der Waals surface area contributed by atoms with Crippen LogP contribution in [0.4, 0.5) is 0 Å². The highest BCUT2D eigenvalue weighted by Crippen LogP contribution is 2.31. The quantitative estimate of drug-likeness (QED) is 0.829. The molecule has 0 unspecified atom stereocenters. The number of benzene rings is 1. The summed E-state index contributed by atoms with van der Waals surface area (Å²) in [7, 11) is 0. The zero-order valence-corrected chi connectivity index (χ0v) is 14.5. The van der Waals surface area contributed by atoms with Gasteiger partial charge in [0, 0.05) is 11.6 Å². The summed E-state index contributed by atoms with van der Waals surface area (Å²) in [6.45, 7) is 5.76. The SMILES string of the molecule is CC(C)Oc1cc2c(OC[C@@H]3NCCCO3)nccc2cc1C(N)=O.